The highest BCUT2D eigenvalue weighted by molar-refractivity contribution is 5.47. The van der Waals surface area contributed by atoms with Gasteiger partial charge in [0.1, 0.15) is 11.8 Å². The van der Waals surface area contributed by atoms with Crippen LogP contribution >= 0.6 is 0 Å². The Labute approximate surface area is 110 Å². The molecular weight excluding hydrogens is 224 g/mol. The normalized spacial score (nSPS) is 11.6. The molecule has 0 spiro atoms. The smallest absolute Gasteiger partial charge is 0.174 e. The Morgan fingerprint density at radius 3 is 2.56 bits per heavy atom. The third-order valence-electron chi connectivity index (χ3n) is 2.93. The number of hydrogen-bond donors (Lipinski definition) is 1. The Balaban J connectivity index is 2.48. The van der Waals surface area contributed by atoms with Gasteiger partial charge in [-0.25, -0.2) is 0 Å². The van der Waals surface area contributed by atoms with E-state index in [9.17, 15) is 0 Å². The maximum absolute atomic E-state index is 8.43. The fourth-order valence-electron chi connectivity index (χ4n) is 1.83. The van der Waals surface area contributed by atoms with Gasteiger partial charge in [0.05, 0.1) is 0 Å². The molecule has 1 rings (SSSR count). The van der Waals surface area contributed by atoms with Crippen molar-refractivity contribution < 1.29 is 4.74 Å². The zero-order valence-corrected chi connectivity index (χ0v) is 11.3. The number of nitrogens with one attached hydrogen (secondary N) is 1. The molecule has 0 saturated carbocycles. The van der Waals surface area contributed by atoms with E-state index in [0.29, 0.717) is 6.04 Å². The van der Waals surface area contributed by atoms with E-state index >= 15 is 0 Å². The molecule has 0 heterocycles. The van der Waals surface area contributed by atoms with Crippen molar-refractivity contribution in [2.75, 3.05) is 11.9 Å². The second-order valence-electron chi connectivity index (χ2n) is 4.36. The quantitative estimate of drug-likeness (QED) is 0.755. The van der Waals surface area contributed by atoms with Crippen LogP contribution in [-0.4, -0.2) is 12.6 Å². The van der Waals surface area contributed by atoms with Crippen LogP contribution in [0.25, 0.3) is 0 Å². The van der Waals surface area contributed by atoms with Crippen molar-refractivity contribution >= 4 is 5.69 Å². The van der Waals surface area contributed by atoms with Gasteiger partial charge in [-0.3, -0.25) is 0 Å². The van der Waals surface area contributed by atoms with Gasteiger partial charge in [-0.1, -0.05) is 26.7 Å². The van der Waals surface area contributed by atoms with Crippen LogP contribution in [0.2, 0.25) is 0 Å². The lowest BCUT2D eigenvalue weighted by Gasteiger charge is -2.18. The van der Waals surface area contributed by atoms with Crippen LogP contribution < -0.4 is 10.1 Å². The predicted octanol–water partition coefficient (Wildman–Crippen LogP) is 3.97. The first-order chi connectivity index (χ1) is 8.80. The van der Waals surface area contributed by atoms with E-state index in [1.807, 2.05) is 30.3 Å². The summed E-state index contributed by atoms with van der Waals surface area (Å²) in [6, 6.07) is 10.3. The average molecular weight is 246 g/mol. The number of hydrogen-bond acceptors (Lipinski definition) is 3. The first kappa shape index (κ1) is 14.4. The molecule has 1 aromatic carbocycles. The van der Waals surface area contributed by atoms with Gasteiger partial charge in [-0.05, 0) is 37.1 Å². The van der Waals surface area contributed by atoms with E-state index in [1.165, 1.54) is 19.3 Å². The Morgan fingerprint density at radius 1 is 1.28 bits per heavy atom. The van der Waals surface area contributed by atoms with Crippen LogP contribution in [0.3, 0.4) is 0 Å². The zero-order valence-electron chi connectivity index (χ0n) is 11.3. The zero-order chi connectivity index (χ0) is 13.2. The van der Waals surface area contributed by atoms with Crippen LogP contribution in [0, 0.1) is 11.3 Å². The number of rotatable bonds is 8. The number of nitrogens with zero attached hydrogens (tertiary/aromatic N) is 1. The summed E-state index contributed by atoms with van der Waals surface area (Å²) in [5.74, 6) is 0.740. The fourth-order valence-corrected chi connectivity index (χ4v) is 1.83. The highest BCUT2D eigenvalue weighted by Crippen LogP contribution is 2.18. The molecule has 0 bridgehead atoms. The van der Waals surface area contributed by atoms with Crippen LogP contribution in [0.5, 0.6) is 5.75 Å². The summed E-state index contributed by atoms with van der Waals surface area (Å²) < 4.78 is 5.22. The summed E-state index contributed by atoms with van der Waals surface area (Å²) in [6.45, 7) is 4.52. The van der Waals surface area contributed by atoms with Gasteiger partial charge >= 0.3 is 0 Å². The number of ether oxygens (including phenoxy) is 1. The molecule has 1 unspecified atom stereocenters. The molecular formula is C15H22N2O. The molecule has 3 nitrogen and oxygen atoms in total. The van der Waals surface area contributed by atoms with Gasteiger partial charge in [0.15, 0.2) is 6.61 Å². The van der Waals surface area contributed by atoms with Crippen molar-refractivity contribution in [3.05, 3.63) is 24.3 Å². The third-order valence-corrected chi connectivity index (χ3v) is 2.93. The summed E-state index contributed by atoms with van der Waals surface area (Å²) in [5, 5.41) is 12.0. The minimum atomic E-state index is 0.0981. The third kappa shape index (κ3) is 5.09. The molecule has 0 amide bonds. The topological polar surface area (TPSA) is 45.0 Å². The highest BCUT2D eigenvalue weighted by Gasteiger charge is 2.05. The van der Waals surface area contributed by atoms with Crippen molar-refractivity contribution in [3.63, 3.8) is 0 Å². The second-order valence-corrected chi connectivity index (χ2v) is 4.36. The molecule has 98 valence electrons. The van der Waals surface area contributed by atoms with Crippen LogP contribution in [0.4, 0.5) is 5.69 Å². The fraction of sp³-hybridized carbons (Fsp3) is 0.533. The number of unbranched alkanes of at least 4 members (excludes halogenated alkanes) is 1. The first-order valence-electron chi connectivity index (χ1n) is 6.66. The van der Waals surface area contributed by atoms with E-state index in [4.69, 9.17) is 10.00 Å². The number of nitriles is 1. The Morgan fingerprint density at radius 2 is 2.00 bits per heavy atom. The molecule has 1 aromatic rings. The lowest BCUT2D eigenvalue weighted by molar-refractivity contribution is 0.368. The van der Waals surface area contributed by atoms with E-state index in [2.05, 4.69) is 19.2 Å². The van der Waals surface area contributed by atoms with Crippen LogP contribution in [0.1, 0.15) is 39.5 Å². The van der Waals surface area contributed by atoms with Crippen molar-refractivity contribution in [2.45, 2.75) is 45.6 Å². The van der Waals surface area contributed by atoms with Gasteiger partial charge in [0, 0.05) is 11.7 Å². The van der Waals surface area contributed by atoms with E-state index in [0.717, 1.165) is 17.9 Å². The molecule has 0 aromatic heterocycles. The highest BCUT2D eigenvalue weighted by atomic mass is 16.5. The van der Waals surface area contributed by atoms with Crippen molar-refractivity contribution in [3.8, 4) is 11.8 Å². The molecule has 0 fully saturated rings. The lowest BCUT2D eigenvalue weighted by atomic mass is 10.1. The molecule has 1 atom stereocenters. The largest absolute Gasteiger partial charge is 0.479 e. The molecule has 18 heavy (non-hydrogen) atoms. The van der Waals surface area contributed by atoms with Gasteiger partial charge in [0.2, 0.25) is 0 Å². The van der Waals surface area contributed by atoms with Crippen molar-refractivity contribution in [2.24, 2.45) is 0 Å². The number of anilines is 1. The van der Waals surface area contributed by atoms with E-state index in [1.54, 1.807) is 0 Å². The Bertz CT molecular complexity index is 367. The summed E-state index contributed by atoms with van der Waals surface area (Å²) in [5.41, 5.74) is 1.11. The van der Waals surface area contributed by atoms with Gasteiger partial charge in [-0.15, -0.1) is 0 Å². The Hall–Kier alpha value is -1.69. The Kier molecular flexibility index (Phi) is 6.71. The monoisotopic (exact) mass is 246 g/mol. The summed E-state index contributed by atoms with van der Waals surface area (Å²) >= 11 is 0. The molecule has 0 aliphatic carbocycles. The SMILES string of the molecule is CCCCC(CC)Nc1ccc(OCC#N)cc1. The summed E-state index contributed by atoms with van der Waals surface area (Å²) in [6.07, 6.45) is 4.83. The van der Waals surface area contributed by atoms with Crippen molar-refractivity contribution in [1.82, 2.24) is 0 Å². The van der Waals surface area contributed by atoms with Gasteiger partial charge in [-0.2, -0.15) is 5.26 Å². The molecule has 0 radical (unpaired) electrons. The van der Waals surface area contributed by atoms with Gasteiger partial charge < -0.3 is 10.1 Å². The second kappa shape index (κ2) is 8.41. The van der Waals surface area contributed by atoms with E-state index < -0.39 is 0 Å². The van der Waals surface area contributed by atoms with Crippen LogP contribution in [0.15, 0.2) is 24.3 Å². The maximum atomic E-state index is 8.43. The average Bonchev–Trinajstić information content (AvgIpc) is 2.42. The minimum Gasteiger partial charge on any atom is -0.479 e. The first-order valence-corrected chi connectivity index (χ1v) is 6.66. The van der Waals surface area contributed by atoms with Crippen LogP contribution in [-0.2, 0) is 0 Å². The molecule has 3 heteroatoms. The number of benzene rings is 1. The maximum Gasteiger partial charge on any atom is 0.174 e. The standard InChI is InChI=1S/C15H22N2O/c1-3-5-6-13(4-2)17-14-7-9-15(10-8-14)18-12-11-16/h7-10,13,17H,3-6,12H2,1-2H3. The molecule has 0 aliphatic heterocycles. The predicted molar refractivity (Wildman–Crippen MR) is 74.8 cm³/mol. The molecule has 0 aliphatic rings. The van der Waals surface area contributed by atoms with E-state index in [-0.39, 0.29) is 6.61 Å². The van der Waals surface area contributed by atoms with Crippen molar-refractivity contribution in [1.29, 1.82) is 5.26 Å². The molecule has 1 N–H and O–H groups in total. The van der Waals surface area contributed by atoms with Gasteiger partial charge in [0.25, 0.3) is 0 Å². The summed E-state index contributed by atoms with van der Waals surface area (Å²) in [4.78, 5) is 0. The minimum absolute atomic E-state index is 0.0981. The summed E-state index contributed by atoms with van der Waals surface area (Å²) in [7, 11) is 0. The lowest BCUT2D eigenvalue weighted by Crippen LogP contribution is -2.18. The molecule has 0 saturated heterocycles.